The molecule has 1 amide bonds. The number of rotatable bonds is 4. The second-order valence-electron chi connectivity index (χ2n) is 5.00. The Kier molecular flexibility index (Phi) is 4.38. The molecule has 2 aromatic heterocycles. The van der Waals surface area contributed by atoms with Gasteiger partial charge in [0.05, 0.1) is 22.2 Å². The summed E-state index contributed by atoms with van der Waals surface area (Å²) in [5.41, 5.74) is 1.72. The standard InChI is InChI=1S/C15H13Cl2N3OS/c1-19(8-10-2-3-12(16)13(17)6-10)14(21)7-11-9-20-4-5-22-15(20)18-11/h2-6,9H,7-8H2,1H3. The van der Waals surface area contributed by atoms with Crippen molar-refractivity contribution in [2.75, 3.05) is 7.05 Å². The second-order valence-corrected chi connectivity index (χ2v) is 6.69. The van der Waals surface area contributed by atoms with Crippen molar-refractivity contribution in [2.24, 2.45) is 0 Å². The maximum Gasteiger partial charge on any atom is 0.228 e. The molecule has 7 heteroatoms. The molecule has 1 aromatic carbocycles. The molecule has 0 aliphatic heterocycles. The number of aromatic nitrogens is 2. The predicted octanol–water partition coefficient (Wildman–Crippen LogP) is 3.90. The number of amides is 1. The van der Waals surface area contributed by atoms with E-state index in [-0.39, 0.29) is 12.3 Å². The fraction of sp³-hybridized carbons (Fsp3) is 0.200. The fourth-order valence-corrected chi connectivity index (χ4v) is 3.19. The first kappa shape index (κ1) is 15.3. The molecule has 22 heavy (non-hydrogen) atoms. The summed E-state index contributed by atoms with van der Waals surface area (Å²) in [4.78, 5) is 19.3. The van der Waals surface area contributed by atoms with Gasteiger partial charge >= 0.3 is 0 Å². The molecule has 0 aliphatic carbocycles. The number of hydrogen-bond donors (Lipinski definition) is 0. The van der Waals surface area contributed by atoms with Gasteiger partial charge in [-0.1, -0.05) is 29.3 Å². The molecule has 2 heterocycles. The van der Waals surface area contributed by atoms with E-state index < -0.39 is 0 Å². The van der Waals surface area contributed by atoms with Gasteiger partial charge < -0.3 is 4.90 Å². The minimum atomic E-state index is 0.0109. The minimum absolute atomic E-state index is 0.0109. The van der Waals surface area contributed by atoms with E-state index in [4.69, 9.17) is 23.2 Å². The molecule has 0 aliphatic rings. The lowest BCUT2D eigenvalue weighted by Gasteiger charge is -2.17. The van der Waals surface area contributed by atoms with Crippen LogP contribution in [0.2, 0.25) is 10.0 Å². The number of carbonyl (C=O) groups is 1. The molecule has 0 radical (unpaired) electrons. The molecule has 3 rings (SSSR count). The van der Waals surface area contributed by atoms with Gasteiger partial charge in [-0.05, 0) is 17.7 Å². The van der Waals surface area contributed by atoms with Crippen molar-refractivity contribution < 1.29 is 4.79 Å². The SMILES string of the molecule is CN(Cc1ccc(Cl)c(Cl)c1)C(=O)Cc1cn2ccsc2n1. The number of benzene rings is 1. The molecular formula is C15H13Cl2N3OS. The largest absolute Gasteiger partial charge is 0.341 e. The van der Waals surface area contributed by atoms with E-state index in [1.807, 2.05) is 28.2 Å². The maximum absolute atomic E-state index is 12.3. The van der Waals surface area contributed by atoms with E-state index in [9.17, 15) is 4.79 Å². The van der Waals surface area contributed by atoms with Crippen molar-refractivity contribution in [2.45, 2.75) is 13.0 Å². The van der Waals surface area contributed by atoms with Crippen LogP contribution in [0.15, 0.2) is 36.0 Å². The van der Waals surface area contributed by atoms with E-state index >= 15 is 0 Å². The summed E-state index contributed by atoms with van der Waals surface area (Å²) in [5.74, 6) is 0.0109. The molecule has 0 fully saturated rings. The number of carbonyl (C=O) groups excluding carboxylic acids is 1. The highest BCUT2D eigenvalue weighted by molar-refractivity contribution is 7.15. The molecule has 3 aromatic rings. The lowest BCUT2D eigenvalue weighted by Crippen LogP contribution is -2.27. The van der Waals surface area contributed by atoms with Crippen LogP contribution in [0.25, 0.3) is 4.96 Å². The smallest absolute Gasteiger partial charge is 0.228 e. The molecule has 0 bridgehead atoms. The number of imidazole rings is 1. The van der Waals surface area contributed by atoms with Gasteiger partial charge in [-0.25, -0.2) is 4.98 Å². The first-order valence-corrected chi connectivity index (χ1v) is 8.25. The van der Waals surface area contributed by atoms with Crippen LogP contribution in [-0.4, -0.2) is 27.2 Å². The first-order valence-electron chi connectivity index (χ1n) is 6.62. The Morgan fingerprint density at radius 3 is 2.91 bits per heavy atom. The Hall–Kier alpha value is -1.56. The molecule has 114 valence electrons. The van der Waals surface area contributed by atoms with Crippen molar-refractivity contribution >= 4 is 45.4 Å². The summed E-state index contributed by atoms with van der Waals surface area (Å²) in [5, 5.41) is 2.97. The topological polar surface area (TPSA) is 37.6 Å². The van der Waals surface area contributed by atoms with Gasteiger partial charge in [0.1, 0.15) is 0 Å². The number of hydrogen-bond acceptors (Lipinski definition) is 3. The van der Waals surface area contributed by atoms with Crippen LogP contribution < -0.4 is 0 Å². The van der Waals surface area contributed by atoms with Crippen molar-refractivity contribution in [3.63, 3.8) is 0 Å². The Labute approximate surface area is 141 Å². The molecule has 0 saturated carbocycles. The van der Waals surface area contributed by atoms with Gasteiger partial charge in [0.25, 0.3) is 0 Å². The average Bonchev–Trinajstić information content (AvgIpc) is 3.03. The van der Waals surface area contributed by atoms with Crippen LogP contribution in [0.5, 0.6) is 0 Å². The third-order valence-corrected chi connectivity index (χ3v) is 4.81. The lowest BCUT2D eigenvalue weighted by atomic mass is 10.2. The maximum atomic E-state index is 12.3. The minimum Gasteiger partial charge on any atom is -0.341 e. The van der Waals surface area contributed by atoms with Gasteiger partial charge in [-0.15, -0.1) is 11.3 Å². The zero-order valence-electron chi connectivity index (χ0n) is 11.8. The number of fused-ring (bicyclic) bond motifs is 1. The number of nitrogens with zero attached hydrogens (tertiary/aromatic N) is 3. The zero-order valence-corrected chi connectivity index (χ0v) is 14.1. The Morgan fingerprint density at radius 1 is 1.36 bits per heavy atom. The van der Waals surface area contributed by atoms with Crippen molar-refractivity contribution in [3.8, 4) is 0 Å². The van der Waals surface area contributed by atoms with E-state index in [1.54, 1.807) is 35.4 Å². The third-order valence-electron chi connectivity index (χ3n) is 3.31. The molecule has 0 unspecified atom stereocenters. The van der Waals surface area contributed by atoms with E-state index in [2.05, 4.69) is 4.98 Å². The van der Waals surface area contributed by atoms with Crippen molar-refractivity contribution in [3.05, 3.63) is 57.3 Å². The van der Waals surface area contributed by atoms with E-state index in [0.29, 0.717) is 16.6 Å². The fourth-order valence-electron chi connectivity index (χ4n) is 2.15. The molecule has 0 saturated heterocycles. The number of thiazole rings is 1. The average molecular weight is 354 g/mol. The van der Waals surface area contributed by atoms with Crippen LogP contribution in [0.4, 0.5) is 0 Å². The zero-order chi connectivity index (χ0) is 15.7. The molecule has 0 spiro atoms. The molecule has 0 N–H and O–H groups in total. The van der Waals surface area contributed by atoms with Crippen LogP contribution in [0.1, 0.15) is 11.3 Å². The Morgan fingerprint density at radius 2 is 2.18 bits per heavy atom. The lowest BCUT2D eigenvalue weighted by molar-refractivity contribution is -0.129. The van der Waals surface area contributed by atoms with Crippen molar-refractivity contribution in [1.29, 1.82) is 0 Å². The van der Waals surface area contributed by atoms with Crippen LogP contribution in [0.3, 0.4) is 0 Å². The summed E-state index contributed by atoms with van der Waals surface area (Å²) in [6.45, 7) is 0.484. The van der Waals surface area contributed by atoms with Gasteiger partial charge in [-0.3, -0.25) is 9.20 Å². The van der Waals surface area contributed by atoms with Crippen LogP contribution in [-0.2, 0) is 17.8 Å². The van der Waals surface area contributed by atoms with E-state index in [0.717, 1.165) is 16.2 Å². The summed E-state index contributed by atoms with van der Waals surface area (Å²) in [6.07, 6.45) is 4.10. The number of likely N-dealkylation sites (N-methyl/N-ethyl adjacent to an activating group) is 1. The first-order chi connectivity index (χ1) is 10.5. The van der Waals surface area contributed by atoms with Crippen molar-refractivity contribution in [1.82, 2.24) is 14.3 Å². The van der Waals surface area contributed by atoms with Crippen LogP contribution >= 0.6 is 34.5 Å². The number of halogens is 2. The van der Waals surface area contributed by atoms with E-state index in [1.165, 1.54) is 0 Å². The highest BCUT2D eigenvalue weighted by Gasteiger charge is 2.13. The summed E-state index contributed by atoms with van der Waals surface area (Å²) >= 11 is 13.4. The highest BCUT2D eigenvalue weighted by atomic mass is 35.5. The quantitative estimate of drug-likeness (QED) is 0.713. The molecule has 0 atom stereocenters. The highest BCUT2D eigenvalue weighted by Crippen LogP contribution is 2.23. The third kappa shape index (κ3) is 3.27. The van der Waals surface area contributed by atoms with Gasteiger partial charge in [0, 0.05) is 31.4 Å². The van der Waals surface area contributed by atoms with Crippen LogP contribution in [0, 0.1) is 0 Å². The Balaban J connectivity index is 1.66. The molecule has 4 nitrogen and oxygen atoms in total. The second kappa shape index (κ2) is 6.28. The van der Waals surface area contributed by atoms with Gasteiger partial charge in [-0.2, -0.15) is 0 Å². The predicted molar refractivity (Wildman–Crippen MR) is 89.7 cm³/mol. The summed E-state index contributed by atoms with van der Waals surface area (Å²) in [7, 11) is 1.77. The monoisotopic (exact) mass is 353 g/mol. The summed E-state index contributed by atoms with van der Waals surface area (Å²) in [6, 6.07) is 5.38. The Bertz CT molecular complexity index is 799. The van der Waals surface area contributed by atoms with Gasteiger partial charge in [0.15, 0.2) is 4.96 Å². The van der Waals surface area contributed by atoms with Gasteiger partial charge in [0.2, 0.25) is 5.91 Å². The normalized spacial score (nSPS) is 11.0. The summed E-state index contributed by atoms with van der Waals surface area (Å²) < 4.78 is 1.92. The molecular weight excluding hydrogens is 341 g/mol.